The summed E-state index contributed by atoms with van der Waals surface area (Å²) in [7, 11) is -3.55. The number of rotatable bonds is 5. The smallest absolute Gasteiger partial charge is 0.250 e. The van der Waals surface area contributed by atoms with E-state index in [-0.39, 0.29) is 10.3 Å². The summed E-state index contributed by atoms with van der Waals surface area (Å²) in [6.07, 6.45) is 0.479. The molecule has 4 nitrogen and oxygen atoms in total. The third kappa shape index (κ3) is 3.35. The number of para-hydroxylation sites is 1. The molecule has 7 heteroatoms. The van der Waals surface area contributed by atoms with Crippen LogP contribution in [0.25, 0.3) is 11.0 Å². The van der Waals surface area contributed by atoms with Crippen LogP contribution in [0.2, 0.25) is 4.34 Å². The second kappa shape index (κ2) is 6.04. The van der Waals surface area contributed by atoms with Crippen LogP contribution in [0.4, 0.5) is 0 Å². The first-order chi connectivity index (χ1) is 10.4. The molecule has 0 aliphatic rings. The average molecular weight is 356 g/mol. The van der Waals surface area contributed by atoms with Crippen molar-refractivity contribution in [3.05, 3.63) is 52.6 Å². The molecule has 0 spiro atoms. The molecule has 3 rings (SSSR count). The molecule has 2 aromatic heterocycles. The Morgan fingerprint density at radius 3 is 2.73 bits per heavy atom. The van der Waals surface area contributed by atoms with Crippen LogP contribution in [0.5, 0.6) is 0 Å². The van der Waals surface area contributed by atoms with Gasteiger partial charge in [-0.1, -0.05) is 29.8 Å². The van der Waals surface area contributed by atoms with Gasteiger partial charge in [0.05, 0.1) is 4.34 Å². The van der Waals surface area contributed by atoms with Gasteiger partial charge in [0.2, 0.25) is 10.0 Å². The van der Waals surface area contributed by atoms with Gasteiger partial charge in [0.15, 0.2) is 0 Å². The van der Waals surface area contributed by atoms with Crippen molar-refractivity contribution in [2.24, 2.45) is 0 Å². The van der Waals surface area contributed by atoms with E-state index >= 15 is 0 Å². The van der Waals surface area contributed by atoms with Crippen LogP contribution in [-0.4, -0.2) is 14.5 Å². The topological polar surface area (TPSA) is 59.3 Å². The molecule has 0 aliphatic carbocycles. The Bertz CT molecular complexity index is 865. The summed E-state index contributed by atoms with van der Waals surface area (Å²) in [4.78, 5) is 0. The minimum Gasteiger partial charge on any atom is -0.461 e. The van der Waals surface area contributed by atoms with Gasteiger partial charge in [-0.05, 0) is 31.2 Å². The standard InChI is InChI=1S/C15H14ClNO3S2/c1-10(17-22(18,19)15-7-6-14(16)21-15)8-12-9-11-4-2-3-5-13(11)20-12/h2-7,9-10,17H,8H2,1H3/t10-/m1/s1. The van der Waals surface area contributed by atoms with Crippen LogP contribution in [0.15, 0.2) is 51.1 Å². The molecular weight excluding hydrogens is 342 g/mol. The second-order valence-electron chi connectivity index (χ2n) is 5.04. The van der Waals surface area contributed by atoms with Crippen LogP contribution in [0.3, 0.4) is 0 Å². The highest BCUT2D eigenvalue weighted by atomic mass is 35.5. The summed E-state index contributed by atoms with van der Waals surface area (Å²) in [5.41, 5.74) is 0.803. The first kappa shape index (κ1) is 15.6. The molecule has 0 unspecified atom stereocenters. The van der Waals surface area contributed by atoms with E-state index in [0.29, 0.717) is 10.8 Å². The van der Waals surface area contributed by atoms with Gasteiger partial charge >= 0.3 is 0 Å². The zero-order chi connectivity index (χ0) is 15.7. The second-order valence-corrected chi connectivity index (χ2v) is 8.69. The zero-order valence-electron chi connectivity index (χ0n) is 11.7. The Labute approximate surface area is 137 Å². The molecule has 0 bridgehead atoms. The maximum absolute atomic E-state index is 12.2. The van der Waals surface area contributed by atoms with E-state index in [1.165, 1.54) is 6.07 Å². The molecule has 116 valence electrons. The van der Waals surface area contributed by atoms with Gasteiger partial charge in [0.25, 0.3) is 0 Å². The fourth-order valence-electron chi connectivity index (χ4n) is 2.25. The summed E-state index contributed by atoms with van der Waals surface area (Å²) in [5.74, 6) is 0.751. The lowest BCUT2D eigenvalue weighted by molar-refractivity contribution is 0.504. The van der Waals surface area contributed by atoms with Crippen LogP contribution < -0.4 is 4.72 Å². The molecule has 0 amide bonds. The molecule has 0 saturated heterocycles. The summed E-state index contributed by atoms with van der Waals surface area (Å²) in [6, 6.07) is 12.4. The Hall–Kier alpha value is -1.34. The number of halogens is 1. The van der Waals surface area contributed by atoms with Crippen molar-refractivity contribution in [3.8, 4) is 0 Å². The van der Waals surface area contributed by atoms with Crippen LogP contribution in [-0.2, 0) is 16.4 Å². The van der Waals surface area contributed by atoms with Gasteiger partial charge in [-0.15, -0.1) is 11.3 Å². The van der Waals surface area contributed by atoms with Crippen molar-refractivity contribution < 1.29 is 12.8 Å². The predicted octanol–water partition coefficient (Wildman–Crippen LogP) is 4.06. The molecule has 1 N–H and O–H groups in total. The monoisotopic (exact) mass is 355 g/mol. The van der Waals surface area contributed by atoms with Crippen molar-refractivity contribution in [2.75, 3.05) is 0 Å². The Balaban J connectivity index is 1.73. The highest BCUT2D eigenvalue weighted by molar-refractivity contribution is 7.91. The van der Waals surface area contributed by atoms with E-state index in [1.54, 1.807) is 13.0 Å². The van der Waals surface area contributed by atoms with Crippen LogP contribution >= 0.6 is 22.9 Å². The highest BCUT2D eigenvalue weighted by Gasteiger charge is 2.20. The summed E-state index contributed by atoms with van der Waals surface area (Å²) >= 11 is 6.83. The van der Waals surface area contributed by atoms with Gasteiger partial charge in [0, 0.05) is 17.8 Å². The molecule has 2 heterocycles. The SMILES string of the molecule is C[C@H](Cc1cc2ccccc2o1)NS(=O)(=O)c1ccc(Cl)s1. The largest absolute Gasteiger partial charge is 0.461 e. The normalized spacial score (nSPS) is 13.5. The third-order valence-electron chi connectivity index (χ3n) is 3.15. The summed E-state index contributed by atoms with van der Waals surface area (Å²) in [5, 5.41) is 1.01. The molecule has 0 saturated carbocycles. The van der Waals surface area contributed by atoms with E-state index in [9.17, 15) is 8.42 Å². The van der Waals surface area contributed by atoms with Crippen molar-refractivity contribution in [1.29, 1.82) is 0 Å². The quantitative estimate of drug-likeness (QED) is 0.750. The van der Waals surface area contributed by atoms with Gasteiger partial charge in [-0.25, -0.2) is 13.1 Å². The Morgan fingerprint density at radius 1 is 1.27 bits per heavy atom. The molecule has 1 atom stereocenters. The van der Waals surface area contributed by atoms with Crippen LogP contribution in [0.1, 0.15) is 12.7 Å². The first-order valence-electron chi connectivity index (χ1n) is 6.69. The fraction of sp³-hybridized carbons (Fsp3) is 0.200. The molecule has 0 radical (unpaired) electrons. The van der Waals surface area contributed by atoms with Crippen molar-refractivity contribution >= 4 is 43.9 Å². The minimum absolute atomic E-state index is 0.217. The van der Waals surface area contributed by atoms with Crippen molar-refractivity contribution in [3.63, 3.8) is 0 Å². The Kier molecular flexibility index (Phi) is 4.27. The number of benzene rings is 1. The zero-order valence-corrected chi connectivity index (χ0v) is 14.1. The maximum Gasteiger partial charge on any atom is 0.250 e. The lowest BCUT2D eigenvalue weighted by Gasteiger charge is -2.11. The fourth-order valence-corrected chi connectivity index (χ4v) is 4.99. The minimum atomic E-state index is -3.55. The van der Waals surface area contributed by atoms with Gasteiger partial charge in [-0.2, -0.15) is 0 Å². The number of fused-ring (bicyclic) bond motifs is 1. The van der Waals surface area contributed by atoms with Crippen molar-refractivity contribution in [1.82, 2.24) is 4.72 Å². The summed E-state index contributed by atoms with van der Waals surface area (Å²) < 4.78 is 33.5. The number of hydrogen-bond donors (Lipinski definition) is 1. The molecule has 3 aromatic rings. The number of furan rings is 1. The number of sulfonamides is 1. The lowest BCUT2D eigenvalue weighted by atomic mass is 10.2. The summed E-state index contributed by atoms with van der Waals surface area (Å²) in [6.45, 7) is 1.81. The van der Waals surface area contributed by atoms with Gasteiger partial charge in [0.1, 0.15) is 15.6 Å². The molecule has 1 aromatic carbocycles. The number of nitrogens with one attached hydrogen (secondary N) is 1. The molecule has 22 heavy (non-hydrogen) atoms. The Morgan fingerprint density at radius 2 is 2.05 bits per heavy atom. The average Bonchev–Trinajstić information content (AvgIpc) is 3.03. The number of hydrogen-bond acceptors (Lipinski definition) is 4. The third-order valence-corrected chi connectivity index (χ3v) is 6.47. The molecule has 0 aliphatic heterocycles. The number of thiophene rings is 1. The van der Waals surface area contributed by atoms with Crippen molar-refractivity contribution in [2.45, 2.75) is 23.6 Å². The lowest BCUT2D eigenvalue weighted by Crippen LogP contribution is -2.33. The molecular formula is C15H14ClNO3S2. The first-order valence-corrected chi connectivity index (χ1v) is 9.37. The van der Waals surface area contributed by atoms with Gasteiger partial charge in [-0.3, -0.25) is 0 Å². The van der Waals surface area contributed by atoms with E-state index in [2.05, 4.69) is 4.72 Å². The van der Waals surface area contributed by atoms with Crippen LogP contribution in [0, 0.1) is 0 Å². The highest BCUT2D eigenvalue weighted by Crippen LogP contribution is 2.26. The molecule has 0 fully saturated rings. The predicted molar refractivity (Wildman–Crippen MR) is 89.0 cm³/mol. The van der Waals surface area contributed by atoms with E-state index in [1.807, 2.05) is 30.3 Å². The van der Waals surface area contributed by atoms with E-state index in [4.69, 9.17) is 16.0 Å². The van der Waals surface area contributed by atoms with E-state index in [0.717, 1.165) is 28.1 Å². The van der Waals surface area contributed by atoms with E-state index < -0.39 is 10.0 Å². The maximum atomic E-state index is 12.2. The van der Waals surface area contributed by atoms with Gasteiger partial charge < -0.3 is 4.42 Å².